The van der Waals surface area contributed by atoms with Crippen molar-refractivity contribution < 1.29 is 13.6 Å². The maximum Gasteiger partial charge on any atom is 0.264 e. The van der Waals surface area contributed by atoms with Crippen LogP contribution >= 0.6 is 0 Å². The highest BCUT2D eigenvalue weighted by molar-refractivity contribution is 5.95. The fourth-order valence-corrected chi connectivity index (χ4v) is 2.65. The average Bonchev–Trinajstić information content (AvgIpc) is 2.39. The number of aromatic amines is 1. The zero-order valence-corrected chi connectivity index (χ0v) is 13.9. The van der Waals surface area contributed by atoms with Crippen molar-refractivity contribution in [1.82, 2.24) is 15.3 Å². The zero-order chi connectivity index (χ0) is 17.4. The van der Waals surface area contributed by atoms with E-state index in [9.17, 15) is 18.4 Å². The quantitative estimate of drug-likeness (QED) is 0.877. The molecule has 1 aromatic heterocycles. The van der Waals surface area contributed by atoms with E-state index in [2.05, 4.69) is 15.3 Å². The third kappa shape index (κ3) is 4.14. The molecule has 128 valence electrons. The molecule has 0 spiro atoms. The minimum absolute atomic E-state index is 0.0460. The molecule has 2 N–H and O–H groups in total. The largest absolute Gasteiger partial charge is 0.349 e. The minimum atomic E-state index is -2.65. The van der Waals surface area contributed by atoms with Crippen LogP contribution in [0.2, 0.25) is 0 Å². The van der Waals surface area contributed by atoms with Crippen LogP contribution in [-0.4, -0.2) is 27.8 Å². The van der Waals surface area contributed by atoms with Gasteiger partial charge in [-0.3, -0.25) is 9.59 Å². The van der Waals surface area contributed by atoms with Crippen molar-refractivity contribution in [3.8, 4) is 0 Å². The number of carbonyl (C=O) groups is 1. The number of aromatic nitrogens is 2. The molecule has 23 heavy (non-hydrogen) atoms. The monoisotopic (exact) mass is 327 g/mol. The number of aryl methyl sites for hydroxylation is 1. The van der Waals surface area contributed by atoms with Gasteiger partial charge in [0.2, 0.25) is 5.92 Å². The van der Waals surface area contributed by atoms with E-state index in [0.717, 1.165) is 0 Å². The molecule has 1 aliphatic carbocycles. The lowest BCUT2D eigenvalue weighted by Crippen LogP contribution is -2.42. The molecule has 5 nitrogen and oxygen atoms in total. The van der Waals surface area contributed by atoms with Crippen LogP contribution < -0.4 is 10.9 Å². The van der Waals surface area contributed by atoms with Gasteiger partial charge in [-0.15, -0.1) is 0 Å². The van der Waals surface area contributed by atoms with Crippen LogP contribution in [0.25, 0.3) is 0 Å². The van der Waals surface area contributed by atoms with Gasteiger partial charge in [0, 0.05) is 24.3 Å². The molecule has 0 bridgehead atoms. The van der Waals surface area contributed by atoms with Crippen LogP contribution in [0.3, 0.4) is 0 Å². The Labute approximate surface area is 133 Å². The Balaban J connectivity index is 2.16. The molecule has 1 amide bonds. The smallest absolute Gasteiger partial charge is 0.264 e. The fourth-order valence-electron chi connectivity index (χ4n) is 2.65. The van der Waals surface area contributed by atoms with Gasteiger partial charge >= 0.3 is 0 Å². The molecule has 0 radical (unpaired) electrons. The summed E-state index contributed by atoms with van der Waals surface area (Å²) < 4.78 is 26.3. The first-order chi connectivity index (χ1) is 10.5. The molecule has 0 aliphatic heterocycles. The number of amides is 1. The molecule has 1 fully saturated rings. The molecule has 1 aliphatic rings. The van der Waals surface area contributed by atoms with E-state index in [0.29, 0.717) is 11.5 Å². The van der Waals surface area contributed by atoms with E-state index >= 15 is 0 Å². The molecule has 1 aromatic rings. The van der Waals surface area contributed by atoms with E-state index in [1.165, 1.54) is 0 Å². The highest BCUT2D eigenvalue weighted by Crippen LogP contribution is 2.33. The van der Waals surface area contributed by atoms with Crippen LogP contribution in [0.4, 0.5) is 8.78 Å². The summed E-state index contributed by atoms with van der Waals surface area (Å²) in [5.41, 5.74) is -0.540. The Hall–Kier alpha value is -1.79. The number of H-pyrrole nitrogens is 1. The van der Waals surface area contributed by atoms with Crippen LogP contribution in [0.5, 0.6) is 0 Å². The van der Waals surface area contributed by atoms with Crippen molar-refractivity contribution in [2.45, 2.75) is 70.8 Å². The van der Waals surface area contributed by atoms with Gasteiger partial charge in [-0.25, -0.2) is 13.8 Å². The van der Waals surface area contributed by atoms with Crippen LogP contribution in [0.1, 0.15) is 68.3 Å². The number of halogens is 2. The summed E-state index contributed by atoms with van der Waals surface area (Å²) in [6.45, 7) is 7.33. The second-order valence-corrected chi connectivity index (χ2v) is 7.23. The van der Waals surface area contributed by atoms with Gasteiger partial charge in [-0.1, -0.05) is 20.8 Å². The van der Waals surface area contributed by atoms with E-state index in [4.69, 9.17) is 0 Å². The molecule has 2 rings (SSSR count). The van der Waals surface area contributed by atoms with Gasteiger partial charge in [0.15, 0.2) is 0 Å². The number of hydrogen-bond donors (Lipinski definition) is 2. The second-order valence-electron chi connectivity index (χ2n) is 7.23. The highest BCUT2D eigenvalue weighted by atomic mass is 19.3. The summed E-state index contributed by atoms with van der Waals surface area (Å²) in [4.78, 5) is 31.5. The Morgan fingerprint density at radius 3 is 2.35 bits per heavy atom. The van der Waals surface area contributed by atoms with E-state index < -0.39 is 17.4 Å². The van der Waals surface area contributed by atoms with Gasteiger partial charge in [-0.2, -0.15) is 0 Å². The van der Waals surface area contributed by atoms with Crippen molar-refractivity contribution >= 4 is 5.91 Å². The maximum absolute atomic E-state index is 13.1. The van der Waals surface area contributed by atoms with E-state index in [1.807, 2.05) is 20.8 Å². The lowest BCUT2D eigenvalue weighted by atomic mass is 9.92. The van der Waals surface area contributed by atoms with Crippen LogP contribution in [0, 0.1) is 6.92 Å². The summed E-state index contributed by atoms with van der Waals surface area (Å²) >= 11 is 0. The number of nitrogens with one attached hydrogen (secondary N) is 2. The first kappa shape index (κ1) is 17.6. The third-order valence-corrected chi connectivity index (χ3v) is 4.09. The van der Waals surface area contributed by atoms with Gasteiger partial charge in [0.25, 0.3) is 11.5 Å². The van der Waals surface area contributed by atoms with Crippen molar-refractivity contribution in [1.29, 1.82) is 0 Å². The molecule has 0 saturated heterocycles. The highest BCUT2D eigenvalue weighted by Gasteiger charge is 2.35. The number of hydrogen-bond acceptors (Lipinski definition) is 3. The Morgan fingerprint density at radius 2 is 1.87 bits per heavy atom. The molecular weight excluding hydrogens is 304 g/mol. The average molecular weight is 327 g/mol. The predicted molar refractivity (Wildman–Crippen MR) is 83.0 cm³/mol. The van der Waals surface area contributed by atoms with E-state index in [-0.39, 0.29) is 42.7 Å². The first-order valence-corrected chi connectivity index (χ1v) is 7.80. The molecule has 1 saturated carbocycles. The summed E-state index contributed by atoms with van der Waals surface area (Å²) in [5.74, 6) is -2.69. The zero-order valence-electron chi connectivity index (χ0n) is 13.9. The summed E-state index contributed by atoms with van der Waals surface area (Å²) in [5, 5.41) is 2.68. The topological polar surface area (TPSA) is 74.8 Å². The van der Waals surface area contributed by atoms with Crippen LogP contribution in [-0.2, 0) is 5.41 Å². The van der Waals surface area contributed by atoms with Gasteiger partial charge in [0.05, 0.1) is 5.69 Å². The maximum atomic E-state index is 13.1. The lowest BCUT2D eigenvalue weighted by molar-refractivity contribution is -0.0399. The predicted octanol–water partition coefficient (Wildman–Crippen LogP) is 2.68. The molecule has 1 heterocycles. The summed E-state index contributed by atoms with van der Waals surface area (Å²) in [7, 11) is 0. The van der Waals surface area contributed by atoms with Crippen molar-refractivity contribution in [2.75, 3.05) is 0 Å². The van der Waals surface area contributed by atoms with Crippen molar-refractivity contribution in [2.24, 2.45) is 0 Å². The van der Waals surface area contributed by atoms with Gasteiger partial charge in [-0.05, 0) is 19.8 Å². The summed E-state index contributed by atoms with van der Waals surface area (Å²) in [6.07, 6.45) is -0.0601. The Bertz CT molecular complexity index is 652. The fraction of sp³-hybridized carbons (Fsp3) is 0.688. The minimum Gasteiger partial charge on any atom is -0.349 e. The Morgan fingerprint density at radius 1 is 1.30 bits per heavy atom. The standard InChI is InChI=1S/C16H23F2N3O2/c1-9-11(13(23)21-14(19-9)15(2,3)4)12(22)20-10-5-7-16(17,18)8-6-10/h10H,5-8H2,1-4H3,(H,20,22)(H,19,21,23). The Kier molecular flexibility index (Phi) is 4.59. The number of rotatable bonds is 2. The normalized spacial score (nSPS) is 18.7. The molecule has 7 heteroatoms. The van der Waals surface area contributed by atoms with Crippen LogP contribution in [0.15, 0.2) is 4.79 Å². The van der Waals surface area contributed by atoms with Crippen molar-refractivity contribution in [3.63, 3.8) is 0 Å². The second kappa shape index (κ2) is 6.02. The number of nitrogens with zero attached hydrogens (tertiary/aromatic N) is 1. The molecule has 0 aromatic carbocycles. The SMILES string of the molecule is Cc1nc(C(C)(C)C)[nH]c(=O)c1C(=O)NC1CCC(F)(F)CC1. The van der Waals surface area contributed by atoms with E-state index in [1.54, 1.807) is 6.92 Å². The number of carbonyl (C=O) groups excluding carboxylic acids is 1. The lowest BCUT2D eigenvalue weighted by Gasteiger charge is -2.28. The summed E-state index contributed by atoms with van der Waals surface area (Å²) in [6, 6.07) is -0.330. The van der Waals surface area contributed by atoms with Crippen molar-refractivity contribution in [3.05, 3.63) is 27.4 Å². The molecular formula is C16H23F2N3O2. The molecule has 0 unspecified atom stereocenters. The van der Waals surface area contributed by atoms with Gasteiger partial charge < -0.3 is 10.3 Å². The molecule has 0 atom stereocenters. The third-order valence-electron chi connectivity index (χ3n) is 4.09. The first-order valence-electron chi connectivity index (χ1n) is 7.80. The van der Waals surface area contributed by atoms with Gasteiger partial charge in [0.1, 0.15) is 11.4 Å². The number of alkyl halides is 2.